The zero-order valence-corrected chi connectivity index (χ0v) is 7.86. The van der Waals surface area contributed by atoms with E-state index in [9.17, 15) is 0 Å². The normalized spacial score (nSPS) is 32.0. The van der Waals surface area contributed by atoms with Crippen molar-refractivity contribution in [1.29, 1.82) is 0 Å². The molecule has 0 amide bonds. The molecule has 0 unspecified atom stereocenters. The van der Waals surface area contributed by atoms with Crippen molar-refractivity contribution < 1.29 is 0 Å². The Balaban J connectivity index is 2.18. The smallest absolute Gasteiger partial charge is 0.0862 e. The van der Waals surface area contributed by atoms with E-state index in [2.05, 4.69) is 6.07 Å². The number of anilines is 1. The van der Waals surface area contributed by atoms with E-state index in [1.807, 2.05) is 11.3 Å². The van der Waals surface area contributed by atoms with Crippen molar-refractivity contribution >= 4 is 16.3 Å². The van der Waals surface area contributed by atoms with E-state index >= 15 is 0 Å². The predicted molar refractivity (Wildman–Crippen MR) is 52.7 cm³/mol. The summed E-state index contributed by atoms with van der Waals surface area (Å²) < 4.78 is 0. The third-order valence-corrected chi connectivity index (χ3v) is 4.49. The maximum atomic E-state index is 5.83. The molecular weight excluding hydrogens is 166 g/mol. The summed E-state index contributed by atoms with van der Waals surface area (Å²) in [4.78, 5) is 1.62. The van der Waals surface area contributed by atoms with Gasteiger partial charge in [0.25, 0.3) is 0 Å². The minimum Gasteiger partial charge on any atom is -0.391 e. The van der Waals surface area contributed by atoms with E-state index in [-0.39, 0.29) is 0 Å². The van der Waals surface area contributed by atoms with Gasteiger partial charge in [0.05, 0.1) is 5.00 Å². The monoisotopic (exact) mass is 179 g/mol. The molecule has 0 aromatic carbocycles. The van der Waals surface area contributed by atoms with Crippen LogP contribution in [0.5, 0.6) is 0 Å². The number of thiophene rings is 1. The Morgan fingerprint density at radius 3 is 2.50 bits per heavy atom. The van der Waals surface area contributed by atoms with Gasteiger partial charge in [-0.05, 0) is 49.1 Å². The number of hydrogen-bond acceptors (Lipinski definition) is 2. The molecule has 2 N–H and O–H groups in total. The molecule has 3 aliphatic rings. The van der Waals surface area contributed by atoms with E-state index < -0.39 is 0 Å². The SMILES string of the molecule is Nc1cc2c(s1)C1CCC2CC1. The summed E-state index contributed by atoms with van der Waals surface area (Å²) in [5.74, 6) is 1.73. The van der Waals surface area contributed by atoms with Crippen molar-refractivity contribution in [1.82, 2.24) is 0 Å². The summed E-state index contributed by atoms with van der Waals surface area (Å²) in [6, 6.07) is 2.22. The maximum Gasteiger partial charge on any atom is 0.0862 e. The Morgan fingerprint density at radius 1 is 1.17 bits per heavy atom. The van der Waals surface area contributed by atoms with Crippen LogP contribution in [-0.2, 0) is 0 Å². The second kappa shape index (κ2) is 2.25. The summed E-state index contributed by atoms with van der Waals surface area (Å²) in [5, 5.41) is 1.03. The fourth-order valence-corrected chi connectivity index (χ4v) is 3.93. The molecule has 1 heterocycles. The van der Waals surface area contributed by atoms with E-state index in [0.717, 1.165) is 16.8 Å². The number of fused-ring (bicyclic) bond motifs is 2. The van der Waals surface area contributed by atoms with E-state index in [1.165, 1.54) is 25.7 Å². The van der Waals surface area contributed by atoms with Crippen LogP contribution in [0.3, 0.4) is 0 Å². The molecule has 1 aromatic rings. The van der Waals surface area contributed by atoms with Gasteiger partial charge in [-0.15, -0.1) is 11.3 Å². The summed E-state index contributed by atoms with van der Waals surface area (Å²) >= 11 is 1.83. The van der Waals surface area contributed by atoms with Gasteiger partial charge in [-0.25, -0.2) is 0 Å². The predicted octanol–water partition coefficient (Wildman–Crippen LogP) is 3.09. The van der Waals surface area contributed by atoms with Gasteiger partial charge in [0.2, 0.25) is 0 Å². The second-order valence-electron chi connectivity index (χ2n) is 4.02. The van der Waals surface area contributed by atoms with Crippen LogP contribution < -0.4 is 5.73 Å². The highest BCUT2D eigenvalue weighted by atomic mass is 32.1. The lowest BCUT2D eigenvalue weighted by atomic mass is 9.71. The second-order valence-corrected chi connectivity index (χ2v) is 5.13. The quantitative estimate of drug-likeness (QED) is 0.650. The Labute approximate surface area is 76.6 Å². The van der Waals surface area contributed by atoms with Gasteiger partial charge in [-0.1, -0.05) is 0 Å². The Kier molecular flexibility index (Phi) is 1.31. The molecule has 0 saturated heterocycles. The minimum absolute atomic E-state index is 0.860. The average Bonchev–Trinajstić information content (AvgIpc) is 2.49. The molecule has 12 heavy (non-hydrogen) atoms. The molecule has 0 spiro atoms. The Bertz CT molecular complexity index is 278. The Hall–Kier alpha value is -0.500. The van der Waals surface area contributed by atoms with Crippen LogP contribution in [0.4, 0.5) is 5.00 Å². The highest BCUT2D eigenvalue weighted by molar-refractivity contribution is 7.16. The van der Waals surface area contributed by atoms with E-state index in [4.69, 9.17) is 5.73 Å². The Morgan fingerprint density at radius 2 is 1.83 bits per heavy atom. The van der Waals surface area contributed by atoms with Gasteiger partial charge in [0, 0.05) is 4.88 Å². The van der Waals surface area contributed by atoms with Gasteiger partial charge < -0.3 is 5.73 Å². The minimum atomic E-state index is 0.860. The van der Waals surface area contributed by atoms with Crippen molar-refractivity contribution in [3.63, 3.8) is 0 Å². The first-order valence-corrected chi connectivity index (χ1v) is 5.55. The molecule has 1 saturated carbocycles. The number of hydrogen-bond donors (Lipinski definition) is 1. The molecule has 1 aromatic heterocycles. The highest BCUT2D eigenvalue weighted by Crippen LogP contribution is 2.52. The molecular formula is C10H13NS. The molecule has 4 rings (SSSR count). The van der Waals surface area contributed by atoms with Crippen LogP contribution >= 0.6 is 11.3 Å². The van der Waals surface area contributed by atoms with Crippen LogP contribution in [0.25, 0.3) is 0 Å². The molecule has 1 nitrogen and oxygen atoms in total. The summed E-state index contributed by atoms with van der Waals surface area (Å²) in [6.07, 6.45) is 5.65. The van der Waals surface area contributed by atoms with Crippen molar-refractivity contribution in [2.75, 3.05) is 5.73 Å². The van der Waals surface area contributed by atoms with E-state index in [1.54, 1.807) is 10.4 Å². The standard InChI is InChI=1S/C10H13NS/c11-9-5-8-6-1-3-7(4-2-6)10(8)12-9/h5-7H,1-4,11H2. The fourth-order valence-electron chi connectivity index (χ4n) is 2.74. The third kappa shape index (κ3) is 0.789. The lowest BCUT2D eigenvalue weighted by Crippen LogP contribution is -2.19. The van der Waals surface area contributed by atoms with Gasteiger partial charge in [0.1, 0.15) is 0 Å². The van der Waals surface area contributed by atoms with Crippen molar-refractivity contribution in [2.24, 2.45) is 0 Å². The first kappa shape index (κ1) is 6.96. The topological polar surface area (TPSA) is 26.0 Å². The molecule has 3 aliphatic carbocycles. The first-order chi connectivity index (χ1) is 5.84. The van der Waals surface area contributed by atoms with Crippen molar-refractivity contribution in [3.05, 3.63) is 16.5 Å². The largest absolute Gasteiger partial charge is 0.391 e. The number of rotatable bonds is 0. The molecule has 2 heteroatoms. The molecule has 0 aliphatic heterocycles. The first-order valence-electron chi connectivity index (χ1n) is 4.73. The van der Waals surface area contributed by atoms with Crippen LogP contribution in [0, 0.1) is 0 Å². The fraction of sp³-hybridized carbons (Fsp3) is 0.600. The van der Waals surface area contributed by atoms with Crippen LogP contribution in [0.1, 0.15) is 48.0 Å². The zero-order valence-electron chi connectivity index (χ0n) is 7.05. The lowest BCUT2D eigenvalue weighted by molar-refractivity contribution is 0.365. The third-order valence-electron chi connectivity index (χ3n) is 3.35. The summed E-state index contributed by atoms with van der Waals surface area (Å²) in [6.45, 7) is 0. The van der Waals surface area contributed by atoms with Gasteiger partial charge in [-0.3, -0.25) is 0 Å². The van der Waals surface area contributed by atoms with Gasteiger partial charge >= 0.3 is 0 Å². The van der Waals surface area contributed by atoms with Crippen LogP contribution in [0.2, 0.25) is 0 Å². The molecule has 64 valence electrons. The zero-order chi connectivity index (χ0) is 8.13. The maximum absolute atomic E-state index is 5.83. The van der Waals surface area contributed by atoms with Crippen molar-refractivity contribution in [2.45, 2.75) is 37.5 Å². The van der Waals surface area contributed by atoms with Crippen LogP contribution in [-0.4, -0.2) is 0 Å². The highest BCUT2D eigenvalue weighted by Gasteiger charge is 2.34. The number of nitrogens with two attached hydrogens (primary N) is 1. The molecule has 0 atom stereocenters. The molecule has 2 bridgehead atoms. The van der Waals surface area contributed by atoms with Gasteiger partial charge in [-0.2, -0.15) is 0 Å². The summed E-state index contributed by atoms with van der Waals surface area (Å²) in [5.41, 5.74) is 7.43. The average molecular weight is 179 g/mol. The number of nitrogen functional groups attached to an aromatic ring is 1. The van der Waals surface area contributed by atoms with Crippen LogP contribution in [0.15, 0.2) is 6.07 Å². The van der Waals surface area contributed by atoms with Crippen molar-refractivity contribution in [3.8, 4) is 0 Å². The van der Waals surface area contributed by atoms with Gasteiger partial charge in [0.15, 0.2) is 0 Å². The molecule has 0 radical (unpaired) electrons. The lowest BCUT2D eigenvalue weighted by Gasteiger charge is -2.35. The molecule has 1 fully saturated rings. The summed E-state index contributed by atoms with van der Waals surface area (Å²) in [7, 11) is 0. The van der Waals surface area contributed by atoms with E-state index in [0.29, 0.717) is 0 Å².